The number of carbonyl (C=O) groups is 2. The lowest BCUT2D eigenvalue weighted by molar-refractivity contribution is -0.385. The molecule has 0 aliphatic rings. The fourth-order valence-electron chi connectivity index (χ4n) is 2.01. The first kappa shape index (κ1) is 20.2. The third-order valence-corrected chi connectivity index (χ3v) is 4.06. The molecule has 0 aliphatic heterocycles. The average molecular weight is 392 g/mol. The molecule has 27 heavy (non-hydrogen) atoms. The van der Waals surface area contributed by atoms with Crippen LogP contribution < -0.4 is 15.8 Å². The highest BCUT2D eigenvalue weighted by Gasteiger charge is 2.25. The number of halogens is 1. The SMILES string of the molecule is CC(C)(CNC(=O)c1ccc(Oc2ccc(Cl)cc2[N+](=O)[O-])cc1)C(N)=O. The van der Waals surface area contributed by atoms with Gasteiger partial charge in [0, 0.05) is 23.2 Å². The zero-order valence-corrected chi connectivity index (χ0v) is 15.4. The largest absolute Gasteiger partial charge is 0.450 e. The van der Waals surface area contributed by atoms with Crippen LogP contribution in [-0.2, 0) is 4.79 Å². The average Bonchev–Trinajstić information content (AvgIpc) is 2.61. The third-order valence-electron chi connectivity index (χ3n) is 3.82. The van der Waals surface area contributed by atoms with Gasteiger partial charge in [0.1, 0.15) is 5.75 Å². The number of nitrogens with one attached hydrogen (secondary N) is 1. The quantitative estimate of drug-likeness (QED) is 0.553. The van der Waals surface area contributed by atoms with Crippen LogP contribution in [0.4, 0.5) is 5.69 Å². The zero-order valence-electron chi connectivity index (χ0n) is 14.7. The van der Waals surface area contributed by atoms with E-state index in [0.717, 1.165) is 0 Å². The molecule has 9 heteroatoms. The lowest BCUT2D eigenvalue weighted by Gasteiger charge is -2.20. The molecule has 142 valence electrons. The lowest BCUT2D eigenvalue weighted by Crippen LogP contribution is -2.42. The van der Waals surface area contributed by atoms with Crippen molar-refractivity contribution < 1.29 is 19.2 Å². The van der Waals surface area contributed by atoms with Crippen LogP contribution in [0.3, 0.4) is 0 Å². The smallest absolute Gasteiger partial charge is 0.313 e. The minimum Gasteiger partial charge on any atom is -0.450 e. The molecule has 0 spiro atoms. The van der Waals surface area contributed by atoms with Crippen molar-refractivity contribution >= 4 is 29.1 Å². The Labute approximate surface area is 160 Å². The van der Waals surface area contributed by atoms with Gasteiger partial charge in [-0.15, -0.1) is 0 Å². The van der Waals surface area contributed by atoms with E-state index in [1.807, 2.05) is 0 Å². The van der Waals surface area contributed by atoms with Crippen LogP contribution >= 0.6 is 11.6 Å². The normalized spacial score (nSPS) is 10.9. The predicted octanol–water partition coefficient (Wildman–Crippen LogP) is 3.28. The maximum Gasteiger partial charge on any atom is 0.313 e. The molecule has 2 rings (SSSR count). The molecule has 0 saturated heterocycles. The summed E-state index contributed by atoms with van der Waals surface area (Å²) in [4.78, 5) is 33.9. The third kappa shape index (κ3) is 5.18. The Morgan fingerprint density at radius 1 is 1.22 bits per heavy atom. The molecule has 0 heterocycles. The summed E-state index contributed by atoms with van der Waals surface area (Å²) in [5.41, 5.74) is 4.47. The van der Waals surface area contributed by atoms with Crippen molar-refractivity contribution in [3.8, 4) is 11.5 Å². The van der Waals surface area contributed by atoms with Crippen LogP contribution in [0.2, 0.25) is 5.02 Å². The van der Waals surface area contributed by atoms with Crippen LogP contribution in [0.25, 0.3) is 0 Å². The summed E-state index contributed by atoms with van der Waals surface area (Å²) in [7, 11) is 0. The van der Waals surface area contributed by atoms with E-state index in [1.54, 1.807) is 13.8 Å². The molecule has 0 saturated carbocycles. The maximum absolute atomic E-state index is 12.2. The van der Waals surface area contributed by atoms with Crippen molar-refractivity contribution in [3.63, 3.8) is 0 Å². The maximum atomic E-state index is 12.2. The number of nitro groups is 1. The van der Waals surface area contributed by atoms with Gasteiger partial charge in [0.2, 0.25) is 11.7 Å². The fourth-order valence-corrected chi connectivity index (χ4v) is 2.18. The number of amides is 2. The van der Waals surface area contributed by atoms with Gasteiger partial charge in [-0.05, 0) is 50.2 Å². The molecule has 0 aromatic heterocycles. The molecule has 0 radical (unpaired) electrons. The van der Waals surface area contributed by atoms with Crippen molar-refractivity contribution in [2.75, 3.05) is 6.54 Å². The molecular formula is C18H18ClN3O5. The predicted molar refractivity (Wildman–Crippen MR) is 99.9 cm³/mol. The lowest BCUT2D eigenvalue weighted by atomic mass is 9.92. The number of primary amides is 1. The molecule has 2 amide bonds. The van der Waals surface area contributed by atoms with Crippen LogP contribution in [0.5, 0.6) is 11.5 Å². The number of carbonyl (C=O) groups excluding carboxylic acids is 2. The second-order valence-electron chi connectivity index (χ2n) is 6.43. The van der Waals surface area contributed by atoms with Crippen LogP contribution in [-0.4, -0.2) is 23.3 Å². The van der Waals surface area contributed by atoms with E-state index < -0.39 is 16.2 Å². The molecule has 0 unspecified atom stereocenters. The second kappa shape index (κ2) is 8.05. The first-order valence-corrected chi connectivity index (χ1v) is 8.28. The highest BCUT2D eigenvalue weighted by molar-refractivity contribution is 6.30. The Morgan fingerprint density at radius 3 is 2.41 bits per heavy atom. The first-order valence-electron chi connectivity index (χ1n) is 7.90. The van der Waals surface area contributed by atoms with Gasteiger partial charge in [-0.25, -0.2) is 0 Å². The van der Waals surface area contributed by atoms with Gasteiger partial charge in [-0.1, -0.05) is 11.6 Å². The molecule has 8 nitrogen and oxygen atoms in total. The van der Waals surface area contributed by atoms with Crippen molar-refractivity contribution in [3.05, 3.63) is 63.2 Å². The van der Waals surface area contributed by atoms with E-state index in [-0.39, 0.29) is 28.9 Å². The standard InChI is InChI=1S/C18H18ClN3O5/c1-18(2,17(20)24)10-21-16(23)11-3-6-13(7-4-11)27-15-8-5-12(19)9-14(15)22(25)26/h3-9H,10H2,1-2H3,(H2,20,24)(H,21,23). The summed E-state index contributed by atoms with van der Waals surface area (Å²) in [5, 5.41) is 13.9. The summed E-state index contributed by atoms with van der Waals surface area (Å²) >= 11 is 5.77. The fraction of sp³-hybridized carbons (Fsp3) is 0.222. The molecule has 0 fully saturated rings. The molecule has 0 bridgehead atoms. The number of benzene rings is 2. The highest BCUT2D eigenvalue weighted by atomic mass is 35.5. The number of hydrogen-bond acceptors (Lipinski definition) is 5. The van der Waals surface area contributed by atoms with Crippen LogP contribution in [0.1, 0.15) is 24.2 Å². The van der Waals surface area contributed by atoms with Gasteiger partial charge >= 0.3 is 5.69 Å². The van der Waals surface area contributed by atoms with Gasteiger partial charge in [-0.2, -0.15) is 0 Å². The van der Waals surface area contributed by atoms with Gasteiger partial charge in [0.15, 0.2) is 0 Å². The number of hydrogen-bond donors (Lipinski definition) is 2. The zero-order chi connectivity index (χ0) is 20.2. The topological polar surface area (TPSA) is 125 Å². The number of nitrogens with zero attached hydrogens (tertiary/aromatic N) is 1. The molecule has 3 N–H and O–H groups in total. The van der Waals surface area contributed by atoms with Crippen LogP contribution in [0, 0.1) is 15.5 Å². The molecule has 0 atom stereocenters. The van der Waals surface area contributed by atoms with E-state index in [4.69, 9.17) is 22.1 Å². The molecular weight excluding hydrogens is 374 g/mol. The number of ether oxygens (including phenoxy) is 1. The Balaban J connectivity index is 2.09. The van der Waals surface area contributed by atoms with Crippen molar-refractivity contribution in [1.29, 1.82) is 0 Å². The summed E-state index contributed by atoms with van der Waals surface area (Å²) in [5.74, 6) is -0.552. The minimum absolute atomic E-state index is 0.0322. The van der Waals surface area contributed by atoms with E-state index in [1.165, 1.54) is 42.5 Å². The molecule has 2 aromatic rings. The molecule has 0 aliphatic carbocycles. The summed E-state index contributed by atoms with van der Waals surface area (Å²) < 4.78 is 5.51. The minimum atomic E-state index is -0.869. The number of nitrogens with two attached hydrogens (primary N) is 1. The van der Waals surface area contributed by atoms with Gasteiger partial charge in [0.25, 0.3) is 5.91 Å². The summed E-state index contributed by atoms with van der Waals surface area (Å²) in [6.07, 6.45) is 0. The Kier molecular flexibility index (Phi) is 6.02. The summed E-state index contributed by atoms with van der Waals surface area (Å²) in [6.45, 7) is 3.35. The van der Waals surface area contributed by atoms with Gasteiger partial charge < -0.3 is 15.8 Å². The summed E-state index contributed by atoms with van der Waals surface area (Å²) in [6, 6.07) is 10.1. The second-order valence-corrected chi connectivity index (χ2v) is 6.86. The van der Waals surface area contributed by atoms with E-state index >= 15 is 0 Å². The number of nitro benzene ring substituents is 1. The monoisotopic (exact) mass is 391 g/mol. The van der Waals surface area contributed by atoms with Crippen molar-refractivity contribution in [2.24, 2.45) is 11.1 Å². The Hall–Kier alpha value is -3.13. The van der Waals surface area contributed by atoms with Crippen molar-refractivity contribution in [2.45, 2.75) is 13.8 Å². The van der Waals surface area contributed by atoms with E-state index in [2.05, 4.69) is 5.32 Å². The molecule has 2 aromatic carbocycles. The Bertz CT molecular complexity index is 881. The van der Waals surface area contributed by atoms with Gasteiger partial charge in [0.05, 0.1) is 10.3 Å². The first-order chi connectivity index (χ1) is 12.6. The highest BCUT2D eigenvalue weighted by Crippen LogP contribution is 2.33. The Morgan fingerprint density at radius 2 is 1.85 bits per heavy atom. The van der Waals surface area contributed by atoms with Gasteiger partial charge in [-0.3, -0.25) is 19.7 Å². The van der Waals surface area contributed by atoms with E-state index in [9.17, 15) is 19.7 Å². The van der Waals surface area contributed by atoms with Crippen LogP contribution in [0.15, 0.2) is 42.5 Å². The number of rotatable bonds is 7. The van der Waals surface area contributed by atoms with E-state index in [0.29, 0.717) is 11.3 Å². The van der Waals surface area contributed by atoms with Crippen molar-refractivity contribution in [1.82, 2.24) is 5.32 Å².